The first-order chi connectivity index (χ1) is 12.2. The van der Waals surface area contributed by atoms with Crippen LogP contribution in [-0.2, 0) is 17.5 Å². The van der Waals surface area contributed by atoms with Crippen molar-refractivity contribution in [1.29, 1.82) is 0 Å². The molecule has 1 amide bonds. The number of hydrogen-bond acceptors (Lipinski definition) is 4. The van der Waals surface area contributed by atoms with E-state index in [2.05, 4.69) is 15.6 Å². The van der Waals surface area contributed by atoms with E-state index in [1.807, 2.05) is 0 Å². The second kappa shape index (κ2) is 6.60. The van der Waals surface area contributed by atoms with Gasteiger partial charge in [0.1, 0.15) is 0 Å². The molecule has 5 nitrogen and oxygen atoms in total. The number of aromatic nitrogens is 1. The first kappa shape index (κ1) is 18.2. The van der Waals surface area contributed by atoms with Crippen molar-refractivity contribution in [2.75, 3.05) is 5.32 Å². The molecule has 1 fully saturated rings. The number of aryl methyl sites for hydroxylation is 1. The van der Waals surface area contributed by atoms with Crippen molar-refractivity contribution in [3.8, 4) is 0 Å². The first-order valence-electron chi connectivity index (χ1n) is 8.14. The molecule has 1 heterocycles. The van der Waals surface area contributed by atoms with Gasteiger partial charge in [-0.05, 0) is 44.0 Å². The summed E-state index contributed by atoms with van der Waals surface area (Å²) in [5.74, 6) is -0.212. The van der Waals surface area contributed by atoms with Gasteiger partial charge in [-0.15, -0.1) is 0 Å². The number of alkyl halides is 3. The first-order valence-corrected chi connectivity index (χ1v) is 8.14. The van der Waals surface area contributed by atoms with Crippen LogP contribution in [0.2, 0.25) is 0 Å². The summed E-state index contributed by atoms with van der Waals surface area (Å²) in [7, 11) is 0. The second-order valence-electron chi connectivity index (χ2n) is 6.55. The lowest BCUT2D eigenvalue weighted by Crippen LogP contribution is -2.42. The average Bonchev–Trinajstić information content (AvgIpc) is 3.33. The molecule has 0 saturated heterocycles. The third-order valence-electron chi connectivity index (χ3n) is 4.26. The molecule has 0 aliphatic heterocycles. The quantitative estimate of drug-likeness (QED) is 0.761. The summed E-state index contributed by atoms with van der Waals surface area (Å²) >= 11 is 0. The number of nitrogens with two attached hydrogens (primary N) is 1. The Balaban J connectivity index is 1.67. The van der Waals surface area contributed by atoms with E-state index >= 15 is 0 Å². The van der Waals surface area contributed by atoms with Gasteiger partial charge in [0.25, 0.3) is 0 Å². The highest BCUT2D eigenvalue weighted by molar-refractivity contribution is 5.88. The van der Waals surface area contributed by atoms with Crippen LogP contribution in [0.15, 0.2) is 36.5 Å². The van der Waals surface area contributed by atoms with Crippen molar-refractivity contribution in [2.45, 2.75) is 38.0 Å². The lowest BCUT2D eigenvalue weighted by Gasteiger charge is -2.15. The molecule has 1 saturated carbocycles. The molecular weight excluding hydrogens is 345 g/mol. The van der Waals surface area contributed by atoms with Crippen LogP contribution in [0.4, 0.5) is 24.5 Å². The SMILES string of the molecule is Cc1ccc(Nc2ccc(CNC(=O)C3(N)CC3)nc2)c(C(F)(F)F)c1. The number of nitrogens with zero attached hydrogens (tertiary/aromatic N) is 1. The fourth-order valence-corrected chi connectivity index (χ4v) is 2.47. The van der Waals surface area contributed by atoms with Gasteiger partial charge in [-0.25, -0.2) is 0 Å². The maximum Gasteiger partial charge on any atom is 0.418 e. The molecule has 0 unspecified atom stereocenters. The van der Waals surface area contributed by atoms with Crippen LogP contribution in [0.25, 0.3) is 0 Å². The van der Waals surface area contributed by atoms with E-state index in [0.717, 1.165) is 6.07 Å². The highest BCUT2D eigenvalue weighted by Gasteiger charge is 2.45. The van der Waals surface area contributed by atoms with Crippen molar-refractivity contribution in [2.24, 2.45) is 5.73 Å². The van der Waals surface area contributed by atoms with Gasteiger partial charge in [-0.3, -0.25) is 9.78 Å². The van der Waals surface area contributed by atoms with Crippen LogP contribution >= 0.6 is 0 Å². The summed E-state index contributed by atoms with van der Waals surface area (Å²) in [5, 5.41) is 5.45. The summed E-state index contributed by atoms with van der Waals surface area (Å²) in [6.45, 7) is 1.83. The minimum Gasteiger partial charge on any atom is -0.354 e. The number of carbonyl (C=O) groups excluding carboxylic acids is 1. The molecule has 8 heteroatoms. The van der Waals surface area contributed by atoms with Gasteiger partial charge in [0, 0.05) is 0 Å². The Morgan fingerprint density at radius 3 is 2.58 bits per heavy atom. The van der Waals surface area contributed by atoms with Gasteiger partial charge in [-0.2, -0.15) is 13.2 Å². The van der Waals surface area contributed by atoms with Gasteiger partial charge < -0.3 is 16.4 Å². The number of rotatable bonds is 5. The zero-order valence-electron chi connectivity index (χ0n) is 14.2. The van der Waals surface area contributed by atoms with Gasteiger partial charge in [0.15, 0.2) is 0 Å². The largest absolute Gasteiger partial charge is 0.418 e. The minimum absolute atomic E-state index is 0.0373. The maximum atomic E-state index is 13.2. The Labute approximate surface area is 148 Å². The number of benzene rings is 1. The molecule has 0 spiro atoms. The zero-order valence-corrected chi connectivity index (χ0v) is 14.2. The van der Waals surface area contributed by atoms with Crippen molar-refractivity contribution in [3.05, 3.63) is 53.3 Å². The Morgan fingerprint density at radius 2 is 2.00 bits per heavy atom. The second-order valence-corrected chi connectivity index (χ2v) is 6.55. The van der Waals surface area contributed by atoms with E-state index in [1.165, 1.54) is 12.3 Å². The summed E-state index contributed by atoms with van der Waals surface area (Å²) in [6, 6.07) is 7.35. The third-order valence-corrected chi connectivity index (χ3v) is 4.26. The smallest absolute Gasteiger partial charge is 0.354 e. The Bertz CT molecular complexity index is 814. The molecule has 1 aromatic carbocycles. The Hall–Kier alpha value is -2.61. The molecule has 2 aromatic rings. The van der Waals surface area contributed by atoms with E-state index in [4.69, 9.17) is 5.73 Å². The number of anilines is 2. The molecule has 1 aliphatic carbocycles. The maximum absolute atomic E-state index is 13.2. The van der Waals surface area contributed by atoms with E-state index in [1.54, 1.807) is 25.1 Å². The lowest BCUT2D eigenvalue weighted by atomic mass is 10.1. The molecule has 4 N–H and O–H groups in total. The highest BCUT2D eigenvalue weighted by Crippen LogP contribution is 2.36. The van der Waals surface area contributed by atoms with Crippen LogP contribution in [-0.4, -0.2) is 16.4 Å². The molecule has 0 atom stereocenters. The minimum atomic E-state index is -4.45. The summed E-state index contributed by atoms with van der Waals surface area (Å²) < 4.78 is 39.5. The number of carbonyl (C=O) groups is 1. The molecule has 1 aromatic heterocycles. The molecule has 138 valence electrons. The number of hydrogen-bond donors (Lipinski definition) is 3. The van der Waals surface area contributed by atoms with Gasteiger partial charge in [0.2, 0.25) is 5.91 Å². The molecule has 0 radical (unpaired) electrons. The van der Waals surface area contributed by atoms with Crippen LogP contribution in [0, 0.1) is 6.92 Å². The summed E-state index contributed by atoms with van der Waals surface area (Å²) in [4.78, 5) is 15.9. The third kappa shape index (κ3) is 4.13. The molecule has 0 bridgehead atoms. The molecule has 26 heavy (non-hydrogen) atoms. The molecule has 3 rings (SSSR count). The van der Waals surface area contributed by atoms with Crippen molar-refractivity contribution < 1.29 is 18.0 Å². The Morgan fingerprint density at radius 1 is 1.27 bits per heavy atom. The number of nitrogens with one attached hydrogen (secondary N) is 2. The van der Waals surface area contributed by atoms with Crippen LogP contribution in [0.1, 0.15) is 29.7 Å². The Kier molecular flexibility index (Phi) is 4.62. The van der Waals surface area contributed by atoms with E-state index in [-0.39, 0.29) is 18.1 Å². The number of halogens is 3. The topological polar surface area (TPSA) is 80.0 Å². The predicted molar refractivity (Wildman–Crippen MR) is 91.7 cm³/mol. The summed E-state index contributed by atoms with van der Waals surface area (Å²) in [5.41, 5.74) is 5.82. The fraction of sp³-hybridized carbons (Fsp3) is 0.333. The highest BCUT2D eigenvalue weighted by atomic mass is 19.4. The van der Waals surface area contributed by atoms with Crippen LogP contribution in [0.5, 0.6) is 0 Å². The van der Waals surface area contributed by atoms with E-state index in [0.29, 0.717) is 29.8 Å². The molecular formula is C18H19F3N4O. The summed E-state index contributed by atoms with van der Waals surface area (Å²) in [6.07, 6.45) is -1.68. The van der Waals surface area contributed by atoms with Gasteiger partial charge in [0.05, 0.1) is 40.9 Å². The molecule has 1 aliphatic rings. The number of pyridine rings is 1. The average molecular weight is 364 g/mol. The van der Waals surface area contributed by atoms with Crippen LogP contribution < -0.4 is 16.4 Å². The van der Waals surface area contributed by atoms with Crippen molar-refractivity contribution in [1.82, 2.24) is 10.3 Å². The van der Waals surface area contributed by atoms with Crippen molar-refractivity contribution in [3.63, 3.8) is 0 Å². The lowest BCUT2D eigenvalue weighted by molar-refractivity contribution is -0.137. The predicted octanol–water partition coefficient (Wildman–Crippen LogP) is 3.26. The van der Waals surface area contributed by atoms with E-state index < -0.39 is 17.3 Å². The van der Waals surface area contributed by atoms with Gasteiger partial charge in [-0.1, -0.05) is 11.6 Å². The van der Waals surface area contributed by atoms with Gasteiger partial charge >= 0.3 is 6.18 Å². The van der Waals surface area contributed by atoms with E-state index in [9.17, 15) is 18.0 Å². The van der Waals surface area contributed by atoms with Crippen LogP contribution in [0.3, 0.4) is 0 Å². The zero-order chi connectivity index (χ0) is 18.9. The van der Waals surface area contributed by atoms with Crippen molar-refractivity contribution >= 4 is 17.3 Å². The fourth-order valence-electron chi connectivity index (χ4n) is 2.47. The monoisotopic (exact) mass is 364 g/mol. The standard InChI is InChI=1S/C18H19F3N4O/c1-11-2-5-15(14(8-11)18(19,20)21)25-13-4-3-12(23-10-13)9-24-16(26)17(22)6-7-17/h2-5,8,10,25H,6-7,9,22H2,1H3,(H,24,26). The number of amides is 1. The normalized spacial score (nSPS) is 15.4.